The van der Waals surface area contributed by atoms with Gasteiger partial charge in [-0.2, -0.15) is 0 Å². The summed E-state index contributed by atoms with van der Waals surface area (Å²) in [5.74, 6) is 0.592. The van der Waals surface area contributed by atoms with E-state index < -0.39 is 11.5 Å². The molecular weight excluding hydrogens is 336 g/mol. The second-order valence-corrected chi connectivity index (χ2v) is 7.31. The van der Waals surface area contributed by atoms with E-state index >= 15 is 0 Å². The molecule has 1 saturated heterocycles. The van der Waals surface area contributed by atoms with Gasteiger partial charge in [0.05, 0.1) is 5.41 Å². The summed E-state index contributed by atoms with van der Waals surface area (Å²) in [5.41, 5.74) is 0.310. The van der Waals surface area contributed by atoms with Gasteiger partial charge < -0.3 is 14.8 Å². The van der Waals surface area contributed by atoms with Crippen LogP contribution in [0.3, 0.4) is 0 Å². The monoisotopic (exact) mass is 358 g/mol. The highest BCUT2D eigenvalue weighted by Gasteiger charge is 2.54. The highest BCUT2D eigenvalue weighted by Crippen LogP contribution is 2.47. The number of likely N-dealkylation sites (tertiary alicyclic amines) is 1. The number of hydrogen-bond donors (Lipinski definition) is 1. The minimum Gasteiger partial charge on any atom is -0.454 e. The minimum absolute atomic E-state index is 0.175. The van der Waals surface area contributed by atoms with Crippen molar-refractivity contribution < 1.29 is 23.9 Å². The zero-order chi connectivity index (χ0) is 18.3. The lowest BCUT2D eigenvalue weighted by atomic mass is 9.84. The first-order chi connectivity index (χ1) is 12.5. The van der Waals surface area contributed by atoms with Crippen LogP contribution in [0.1, 0.15) is 44.6 Å². The number of carbonyl (C=O) groups excluding carboxylic acids is 3. The Morgan fingerprint density at radius 3 is 2.73 bits per heavy atom. The molecule has 1 saturated carbocycles. The molecule has 0 radical (unpaired) electrons. The van der Waals surface area contributed by atoms with Crippen LogP contribution >= 0.6 is 0 Å². The fourth-order valence-electron chi connectivity index (χ4n) is 4.16. The number of ether oxygens (including phenoxy) is 2. The van der Waals surface area contributed by atoms with E-state index in [1.807, 2.05) is 12.1 Å². The van der Waals surface area contributed by atoms with Crippen molar-refractivity contribution in [2.45, 2.75) is 51.6 Å². The summed E-state index contributed by atoms with van der Waals surface area (Å²) < 4.78 is 10.6. The van der Waals surface area contributed by atoms with Crippen molar-refractivity contribution in [2.24, 2.45) is 5.41 Å². The van der Waals surface area contributed by atoms with Crippen LogP contribution in [-0.4, -0.2) is 35.5 Å². The smallest absolute Gasteiger partial charge is 0.243 e. The van der Waals surface area contributed by atoms with Gasteiger partial charge in [-0.3, -0.25) is 19.3 Å². The Labute approximate surface area is 151 Å². The van der Waals surface area contributed by atoms with Crippen LogP contribution < -0.4 is 14.8 Å². The Morgan fingerprint density at radius 1 is 1.23 bits per heavy atom. The van der Waals surface area contributed by atoms with Gasteiger partial charge in [0.15, 0.2) is 11.5 Å². The van der Waals surface area contributed by atoms with Crippen LogP contribution in [0.15, 0.2) is 18.2 Å². The number of nitrogens with one attached hydrogen (secondary N) is 1. The van der Waals surface area contributed by atoms with E-state index in [2.05, 4.69) is 5.32 Å². The number of benzene rings is 1. The van der Waals surface area contributed by atoms with Crippen molar-refractivity contribution >= 4 is 17.7 Å². The van der Waals surface area contributed by atoms with E-state index in [0.29, 0.717) is 18.0 Å². The van der Waals surface area contributed by atoms with Gasteiger partial charge in [-0.1, -0.05) is 18.9 Å². The van der Waals surface area contributed by atoms with Gasteiger partial charge >= 0.3 is 0 Å². The van der Waals surface area contributed by atoms with E-state index in [-0.39, 0.29) is 30.9 Å². The highest BCUT2D eigenvalue weighted by atomic mass is 16.7. The quantitative estimate of drug-likeness (QED) is 0.829. The van der Waals surface area contributed by atoms with Gasteiger partial charge in [0, 0.05) is 13.0 Å². The Morgan fingerprint density at radius 2 is 1.96 bits per heavy atom. The molecular formula is C19H22N2O5. The molecule has 2 fully saturated rings. The lowest BCUT2D eigenvalue weighted by Crippen LogP contribution is -2.48. The lowest BCUT2D eigenvalue weighted by Gasteiger charge is -2.25. The summed E-state index contributed by atoms with van der Waals surface area (Å²) in [7, 11) is 0. The molecule has 1 aromatic carbocycles. The summed E-state index contributed by atoms with van der Waals surface area (Å²) in [6, 6.07) is 4.65. The Bertz CT molecular complexity index is 769. The maximum atomic E-state index is 12.8. The number of hydrogen-bond acceptors (Lipinski definition) is 5. The molecule has 0 bridgehead atoms. The summed E-state index contributed by atoms with van der Waals surface area (Å²) in [5, 5.41) is 2.81. The van der Waals surface area contributed by atoms with E-state index in [9.17, 15) is 14.4 Å². The predicted molar refractivity (Wildman–Crippen MR) is 91.2 cm³/mol. The summed E-state index contributed by atoms with van der Waals surface area (Å²) >= 11 is 0. The van der Waals surface area contributed by atoms with E-state index in [4.69, 9.17) is 9.47 Å². The van der Waals surface area contributed by atoms with Crippen LogP contribution in [0.4, 0.5) is 0 Å². The van der Waals surface area contributed by atoms with Gasteiger partial charge in [0.1, 0.15) is 6.04 Å². The van der Waals surface area contributed by atoms with Crippen LogP contribution in [0.25, 0.3) is 0 Å². The third-order valence-electron chi connectivity index (χ3n) is 5.66. The first kappa shape index (κ1) is 16.9. The van der Waals surface area contributed by atoms with E-state index in [1.54, 1.807) is 13.0 Å². The fourth-order valence-corrected chi connectivity index (χ4v) is 4.16. The number of nitrogens with zero attached hydrogens (tertiary/aromatic N) is 1. The van der Waals surface area contributed by atoms with Crippen molar-refractivity contribution in [2.75, 3.05) is 6.79 Å². The molecule has 1 aliphatic carbocycles. The average molecular weight is 358 g/mol. The maximum Gasteiger partial charge on any atom is 0.243 e. The number of carbonyl (C=O) groups is 3. The first-order valence-corrected chi connectivity index (χ1v) is 9.03. The predicted octanol–water partition coefficient (Wildman–Crippen LogP) is 1.74. The molecule has 1 N–H and O–H groups in total. The van der Waals surface area contributed by atoms with E-state index in [1.165, 1.54) is 4.90 Å². The van der Waals surface area contributed by atoms with Crippen LogP contribution in [0.2, 0.25) is 0 Å². The Kier molecular flexibility index (Phi) is 4.09. The maximum absolute atomic E-state index is 12.8. The molecule has 26 heavy (non-hydrogen) atoms. The van der Waals surface area contributed by atoms with Crippen LogP contribution in [0.5, 0.6) is 11.5 Å². The van der Waals surface area contributed by atoms with Gasteiger partial charge in [-0.05, 0) is 37.5 Å². The van der Waals surface area contributed by atoms with Gasteiger partial charge in [0.2, 0.25) is 24.5 Å². The molecule has 7 nitrogen and oxygen atoms in total. The summed E-state index contributed by atoms with van der Waals surface area (Å²) in [6.45, 7) is 2.10. The van der Waals surface area contributed by atoms with Crippen molar-refractivity contribution in [3.8, 4) is 11.5 Å². The van der Waals surface area contributed by atoms with Crippen LogP contribution in [0, 0.1) is 5.41 Å². The van der Waals surface area contributed by atoms with E-state index in [0.717, 1.165) is 31.2 Å². The molecule has 138 valence electrons. The summed E-state index contributed by atoms with van der Waals surface area (Å²) in [6.07, 6.45) is 3.68. The second kappa shape index (κ2) is 6.30. The fraction of sp³-hybridized carbons (Fsp3) is 0.526. The zero-order valence-corrected chi connectivity index (χ0v) is 14.7. The normalized spacial score (nSPS) is 21.5. The molecule has 1 atom stereocenters. The number of rotatable bonds is 4. The molecule has 3 aliphatic rings. The SMILES string of the molecule is C[C@@H](C(=O)NCc1ccc2c(c1)OCO2)N1C(=O)CC2(CCCC2)C1=O. The number of amides is 3. The number of fused-ring (bicyclic) bond motifs is 1. The van der Waals surface area contributed by atoms with Crippen molar-refractivity contribution in [1.82, 2.24) is 10.2 Å². The van der Waals surface area contributed by atoms with Crippen molar-refractivity contribution in [3.63, 3.8) is 0 Å². The molecule has 2 aliphatic heterocycles. The third-order valence-corrected chi connectivity index (χ3v) is 5.66. The van der Waals surface area contributed by atoms with Crippen LogP contribution in [-0.2, 0) is 20.9 Å². The Balaban J connectivity index is 1.40. The topological polar surface area (TPSA) is 84.9 Å². The Hall–Kier alpha value is -2.57. The van der Waals surface area contributed by atoms with Gasteiger partial charge in [0.25, 0.3) is 0 Å². The molecule has 0 aromatic heterocycles. The highest BCUT2D eigenvalue weighted by molar-refractivity contribution is 6.08. The average Bonchev–Trinajstić information content (AvgIpc) is 3.33. The molecule has 3 amide bonds. The molecule has 0 unspecified atom stereocenters. The lowest BCUT2D eigenvalue weighted by molar-refractivity contribution is -0.148. The van der Waals surface area contributed by atoms with Crippen molar-refractivity contribution in [3.05, 3.63) is 23.8 Å². The number of imide groups is 1. The standard InChI is InChI=1S/C19H22N2O5/c1-12(21-16(22)9-19(18(21)24)6-2-3-7-19)17(23)20-10-13-4-5-14-15(8-13)26-11-25-14/h4-5,8,12H,2-3,6-7,9-11H2,1H3,(H,20,23)/t12-/m0/s1. The molecule has 4 rings (SSSR count). The molecule has 1 spiro atoms. The summed E-state index contributed by atoms with van der Waals surface area (Å²) in [4.78, 5) is 38.9. The molecule has 2 heterocycles. The minimum atomic E-state index is -0.802. The largest absolute Gasteiger partial charge is 0.454 e. The third kappa shape index (κ3) is 2.71. The molecule has 7 heteroatoms. The zero-order valence-electron chi connectivity index (χ0n) is 14.7. The van der Waals surface area contributed by atoms with Gasteiger partial charge in [-0.15, -0.1) is 0 Å². The molecule has 1 aromatic rings. The van der Waals surface area contributed by atoms with Gasteiger partial charge in [-0.25, -0.2) is 0 Å². The second-order valence-electron chi connectivity index (χ2n) is 7.31. The first-order valence-electron chi connectivity index (χ1n) is 9.03. The van der Waals surface area contributed by atoms with Crippen molar-refractivity contribution in [1.29, 1.82) is 0 Å².